The summed E-state index contributed by atoms with van der Waals surface area (Å²) in [5.74, 6) is 0. The predicted molar refractivity (Wildman–Crippen MR) is 123 cm³/mol. The molecule has 0 aliphatic heterocycles. The van der Waals surface area contributed by atoms with Gasteiger partial charge in [0.2, 0.25) is 0 Å². The third-order valence-electron chi connectivity index (χ3n) is 4.09. The molecule has 0 unspecified atom stereocenters. The Morgan fingerprint density at radius 2 is 0.658 bits per heavy atom. The van der Waals surface area contributed by atoms with Crippen LogP contribution in [-0.2, 0) is 30.4 Å². The van der Waals surface area contributed by atoms with Crippen molar-refractivity contribution in [3.8, 4) is 0 Å². The van der Waals surface area contributed by atoms with E-state index in [0.717, 1.165) is 36.4 Å². The van der Waals surface area contributed by atoms with E-state index in [2.05, 4.69) is 0 Å². The molecule has 0 spiro atoms. The second kappa shape index (κ2) is 19.0. The molecule has 0 aliphatic carbocycles. The van der Waals surface area contributed by atoms with E-state index in [4.69, 9.17) is 0 Å². The zero-order chi connectivity index (χ0) is 23.0. The Balaban J connectivity index is -0.000000519. The van der Waals surface area contributed by atoms with Crippen LogP contribution in [-0.4, -0.2) is 60.8 Å². The van der Waals surface area contributed by atoms with Crippen molar-refractivity contribution in [1.82, 2.24) is 0 Å². The van der Waals surface area contributed by atoms with Gasteiger partial charge in [0.05, 0.1) is 14.7 Å². The van der Waals surface area contributed by atoms with E-state index in [-0.39, 0.29) is 126 Å². The zero-order valence-corrected chi connectivity index (χ0v) is 29.6. The van der Waals surface area contributed by atoms with Crippen molar-refractivity contribution in [1.29, 1.82) is 0 Å². The first kappa shape index (κ1) is 48.4. The van der Waals surface area contributed by atoms with Gasteiger partial charge in [-0.05, 0) is 60.2 Å². The minimum Gasteiger partial charge on any atom is -0.744 e. The Morgan fingerprint density at radius 1 is 0.447 bits per heavy atom. The summed E-state index contributed by atoms with van der Waals surface area (Å²) in [6, 6.07) is 14.8. The molecule has 196 valence electrons. The minimum absolute atomic E-state index is 0. The van der Waals surface area contributed by atoms with Crippen LogP contribution in [0.1, 0.15) is 0 Å². The molecule has 0 amide bonds. The largest absolute Gasteiger partial charge is 1.00 e. The van der Waals surface area contributed by atoms with Crippen LogP contribution in [0.4, 0.5) is 0 Å². The number of hydrogen-bond acceptors (Lipinski definition) is 9. The van der Waals surface area contributed by atoms with Gasteiger partial charge < -0.3 is 35.6 Å². The zero-order valence-electron chi connectivity index (χ0n) is 20.3. The Hall–Kier alpha value is 0.660. The molecule has 0 fully saturated rings. The van der Waals surface area contributed by atoms with Crippen LogP contribution in [0.3, 0.4) is 0 Å². The Bertz CT molecular complexity index is 1310. The van der Waals surface area contributed by atoms with Gasteiger partial charge in [-0.3, -0.25) is 0 Å². The van der Waals surface area contributed by atoms with E-state index in [1.807, 2.05) is 0 Å². The van der Waals surface area contributed by atoms with E-state index in [1.54, 1.807) is 0 Å². The van der Waals surface area contributed by atoms with Crippen LogP contribution < -0.4 is 105 Å². The van der Waals surface area contributed by atoms with Crippen molar-refractivity contribution in [3.63, 3.8) is 0 Å². The minimum atomic E-state index is -4.82. The SMILES string of the molecule is O.O.O.O.O=S(=O)([O-])c1cccc(P(c2cccc(S(=O)(=O)[O-])c2)c2cccc(S(=O)(=O)[O-])c2)c1.[Na+].[Na+].[Na+]. The monoisotopic (exact) mass is 640 g/mol. The average molecular weight is 640 g/mol. The molecule has 3 aromatic rings. The second-order valence-electron chi connectivity index (χ2n) is 6.19. The van der Waals surface area contributed by atoms with E-state index in [9.17, 15) is 38.9 Å². The topological polar surface area (TPSA) is 298 Å². The van der Waals surface area contributed by atoms with Gasteiger partial charge in [-0.25, -0.2) is 25.3 Å². The van der Waals surface area contributed by atoms with Crippen molar-refractivity contribution in [3.05, 3.63) is 72.8 Å². The van der Waals surface area contributed by atoms with E-state index < -0.39 is 53.0 Å². The smallest absolute Gasteiger partial charge is 0.744 e. The maximum Gasteiger partial charge on any atom is 1.00 e. The quantitative estimate of drug-likeness (QED) is 0.140. The first-order valence-electron chi connectivity index (χ1n) is 8.25. The first-order valence-corrected chi connectivity index (χ1v) is 13.8. The summed E-state index contributed by atoms with van der Waals surface area (Å²) in [5, 5.41) is 0.772. The fourth-order valence-corrected chi connectivity index (χ4v) is 7.00. The van der Waals surface area contributed by atoms with Gasteiger partial charge in [0.15, 0.2) is 0 Å². The Morgan fingerprint density at radius 3 is 0.842 bits per heavy atom. The number of hydrogen-bond donors (Lipinski definition) is 0. The molecule has 0 saturated heterocycles. The third kappa shape index (κ3) is 12.7. The van der Waals surface area contributed by atoms with Gasteiger partial charge in [-0.2, -0.15) is 0 Å². The second-order valence-corrected chi connectivity index (χ2v) is 12.5. The summed E-state index contributed by atoms with van der Waals surface area (Å²) in [7, 11) is -16.3. The fourth-order valence-electron chi connectivity index (χ4n) is 2.78. The van der Waals surface area contributed by atoms with Crippen LogP contribution >= 0.6 is 7.92 Å². The van der Waals surface area contributed by atoms with Crippen molar-refractivity contribution >= 4 is 54.2 Å². The van der Waals surface area contributed by atoms with Gasteiger partial charge in [0.1, 0.15) is 30.4 Å². The summed E-state index contributed by atoms with van der Waals surface area (Å²) in [6.45, 7) is 0. The predicted octanol–water partition coefficient (Wildman–Crippen LogP) is -12.1. The molecule has 0 aromatic heterocycles. The summed E-state index contributed by atoms with van der Waals surface area (Å²) in [5.41, 5.74) is 0. The molecule has 0 heterocycles. The molecule has 3 aromatic carbocycles. The maximum atomic E-state index is 11.5. The van der Waals surface area contributed by atoms with Crippen LogP contribution in [0.2, 0.25) is 0 Å². The van der Waals surface area contributed by atoms with Crippen LogP contribution in [0.25, 0.3) is 0 Å². The molecule has 0 bridgehead atoms. The van der Waals surface area contributed by atoms with Gasteiger partial charge in [0.25, 0.3) is 0 Å². The number of benzene rings is 3. The Kier molecular flexibility index (Phi) is 24.2. The molecule has 13 nitrogen and oxygen atoms in total. The Labute approximate surface area is 287 Å². The van der Waals surface area contributed by atoms with Crippen molar-refractivity contribution in [2.24, 2.45) is 0 Å². The third-order valence-corrected chi connectivity index (χ3v) is 8.97. The summed E-state index contributed by atoms with van der Waals surface area (Å²) in [4.78, 5) is -1.63. The molecule has 8 N–H and O–H groups in total. The van der Waals surface area contributed by atoms with Crippen LogP contribution in [0, 0.1) is 0 Å². The summed E-state index contributed by atoms with van der Waals surface area (Å²) in [6.07, 6.45) is 0. The summed E-state index contributed by atoms with van der Waals surface area (Å²) < 4.78 is 103. The summed E-state index contributed by atoms with van der Waals surface area (Å²) >= 11 is 0. The molecule has 0 atom stereocenters. The van der Waals surface area contributed by atoms with E-state index in [1.165, 1.54) is 36.4 Å². The van der Waals surface area contributed by atoms with Crippen molar-refractivity contribution in [2.75, 3.05) is 0 Å². The van der Waals surface area contributed by atoms with Crippen LogP contribution in [0.15, 0.2) is 87.5 Å². The van der Waals surface area contributed by atoms with Gasteiger partial charge >= 0.3 is 88.7 Å². The van der Waals surface area contributed by atoms with Gasteiger partial charge in [0, 0.05) is 0 Å². The molecule has 0 aliphatic rings. The molecule has 0 radical (unpaired) electrons. The fraction of sp³-hybridized carbons (Fsp3) is 0. The average Bonchev–Trinajstić information content (AvgIpc) is 2.67. The molecule has 0 saturated carbocycles. The van der Waals surface area contributed by atoms with Crippen molar-refractivity contribution in [2.45, 2.75) is 14.7 Å². The maximum absolute atomic E-state index is 11.5. The molecular weight excluding hydrogens is 620 g/mol. The standard InChI is InChI=1S/C18H15O9PS3.3Na.4H2O/c19-29(20,21)16-7-1-4-13(10-16)28(14-5-2-8-17(11-14)30(22,23)24)15-6-3-9-18(12-15)31(25,26)27;;;;;;;/h1-12H,(H,19,20,21)(H,22,23,24)(H,25,26,27);;;;4*1H2/q;3*+1;;;;/p-3. The van der Waals surface area contributed by atoms with Crippen LogP contribution in [0.5, 0.6) is 0 Å². The first-order chi connectivity index (χ1) is 14.3. The normalized spacial score (nSPS) is 10.4. The van der Waals surface area contributed by atoms with E-state index >= 15 is 0 Å². The number of rotatable bonds is 6. The van der Waals surface area contributed by atoms with Crippen molar-refractivity contribution < 1.29 is 149 Å². The molecule has 20 heteroatoms. The molecular formula is C18H20Na3O13PS3. The van der Waals surface area contributed by atoms with Gasteiger partial charge in [-0.1, -0.05) is 36.4 Å². The van der Waals surface area contributed by atoms with Gasteiger partial charge in [-0.15, -0.1) is 0 Å². The molecule has 38 heavy (non-hydrogen) atoms. The molecule has 3 rings (SSSR count). The van der Waals surface area contributed by atoms with E-state index in [0.29, 0.717) is 0 Å².